The van der Waals surface area contributed by atoms with E-state index in [0.29, 0.717) is 6.54 Å². The van der Waals surface area contributed by atoms with Crippen molar-refractivity contribution < 1.29 is 14.6 Å². The Morgan fingerprint density at radius 2 is 2.07 bits per heavy atom. The number of rotatable bonds is 4. The van der Waals surface area contributed by atoms with E-state index in [0.717, 1.165) is 52.2 Å². The van der Waals surface area contributed by atoms with Gasteiger partial charge >= 0.3 is 5.97 Å². The number of methoxy groups -OCH3 is 1. The number of ether oxygens (including phenoxy) is 1. The molecule has 3 heterocycles. The van der Waals surface area contributed by atoms with Gasteiger partial charge in [-0.15, -0.1) is 0 Å². The van der Waals surface area contributed by atoms with Gasteiger partial charge in [-0.05, 0) is 36.1 Å². The fraction of sp³-hybridized carbons (Fsp3) is 0.286. The molecule has 0 saturated heterocycles. The van der Waals surface area contributed by atoms with Crippen LogP contribution in [0.1, 0.15) is 28.4 Å². The molecule has 1 aromatic carbocycles. The number of aromatic nitrogens is 3. The third kappa shape index (κ3) is 2.62. The third-order valence-electron chi connectivity index (χ3n) is 5.39. The summed E-state index contributed by atoms with van der Waals surface area (Å²) in [4.78, 5) is 23.7. The number of aryl methyl sites for hydroxylation is 2. The van der Waals surface area contributed by atoms with Crippen LogP contribution in [0.15, 0.2) is 35.4 Å². The normalized spacial score (nSPS) is 12.4. The number of fused-ring (bicyclic) bond motifs is 3. The van der Waals surface area contributed by atoms with E-state index in [1.54, 1.807) is 18.0 Å². The average molecular weight is 379 g/mol. The van der Waals surface area contributed by atoms with Crippen LogP contribution < -0.4 is 10.2 Å². The van der Waals surface area contributed by atoms with Crippen molar-refractivity contribution in [2.24, 2.45) is 7.05 Å². The maximum Gasteiger partial charge on any atom is 0.341 e. The molecule has 0 saturated carbocycles. The summed E-state index contributed by atoms with van der Waals surface area (Å²) in [5.74, 6) is -0.381. The predicted octanol–water partition coefficient (Wildman–Crippen LogP) is 2.74. The Bertz CT molecular complexity index is 1160. The highest BCUT2D eigenvalue weighted by atomic mass is 16.5. The van der Waals surface area contributed by atoms with Crippen molar-refractivity contribution in [2.45, 2.75) is 26.3 Å². The van der Waals surface area contributed by atoms with Crippen LogP contribution >= 0.6 is 0 Å². The Morgan fingerprint density at radius 3 is 2.68 bits per heavy atom. The van der Waals surface area contributed by atoms with Crippen LogP contribution in [-0.4, -0.2) is 32.5 Å². The second-order valence-corrected chi connectivity index (χ2v) is 6.84. The molecule has 3 aromatic rings. The van der Waals surface area contributed by atoms with Gasteiger partial charge < -0.3 is 14.4 Å². The molecular weight excluding hydrogens is 358 g/mol. The van der Waals surface area contributed by atoms with E-state index < -0.39 is 11.4 Å². The maximum atomic E-state index is 12.4. The Kier molecular flexibility index (Phi) is 4.30. The molecule has 0 aliphatic carbocycles. The number of carboxylic acid groups (broad SMARTS) is 1. The van der Waals surface area contributed by atoms with E-state index >= 15 is 0 Å². The van der Waals surface area contributed by atoms with E-state index in [4.69, 9.17) is 4.74 Å². The van der Waals surface area contributed by atoms with Gasteiger partial charge in [0.15, 0.2) is 5.43 Å². The van der Waals surface area contributed by atoms with Crippen molar-refractivity contribution in [1.29, 1.82) is 0 Å². The van der Waals surface area contributed by atoms with Gasteiger partial charge in [0, 0.05) is 43.2 Å². The van der Waals surface area contributed by atoms with Gasteiger partial charge in [0.1, 0.15) is 11.3 Å². The van der Waals surface area contributed by atoms with Crippen LogP contribution in [0.25, 0.3) is 22.5 Å². The highest BCUT2D eigenvalue weighted by Crippen LogP contribution is 2.42. The van der Waals surface area contributed by atoms with Gasteiger partial charge in [0.25, 0.3) is 0 Å². The van der Waals surface area contributed by atoms with Crippen molar-refractivity contribution in [1.82, 2.24) is 14.3 Å². The maximum absolute atomic E-state index is 12.4. The van der Waals surface area contributed by atoms with Gasteiger partial charge in [-0.3, -0.25) is 9.48 Å². The minimum atomic E-state index is -1.20. The first-order valence-electron chi connectivity index (χ1n) is 9.15. The number of nitrogens with zero attached hydrogens (tertiary/aromatic N) is 3. The van der Waals surface area contributed by atoms with Crippen LogP contribution in [0.3, 0.4) is 0 Å². The topological polar surface area (TPSA) is 86.3 Å². The van der Waals surface area contributed by atoms with Crippen molar-refractivity contribution >= 4 is 5.97 Å². The number of aromatic carboxylic acids is 1. The molecule has 1 aliphatic heterocycles. The van der Waals surface area contributed by atoms with E-state index in [1.807, 2.05) is 23.7 Å². The van der Waals surface area contributed by atoms with Crippen LogP contribution in [-0.2, 0) is 26.4 Å². The monoisotopic (exact) mass is 379 g/mol. The van der Waals surface area contributed by atoms with Gasteiger partial charge in [0.2, 0.25) is 0 Å². The summed E-state index contributed by atoms with van der Waals surface area (Å²) < 4.78 is 9.43. The molecule has 0 atom stereocenters. The Labute approximate surface area is 161 Å². The zero-order valence-electron chi connectivity index (χ0n) is 16.0. The van der Waals surface area contributed by atoms with Crippen LogP contribution in [0.5, 0.6) is 5.75 Å². The second-order valence-electron chi connectivity index (χ2n) is 6.84. The predicted molar refractivity (Wildman–Crippen MR) is 105 cm³/mol. The summed E-state index contributed by atoms with van der Waals surface area (Å²) in [6.07, 6.45) is 4.71. The molecule has 28 heavy (non-hydrogen) atoms. The van der Waals surface area contributed by atoms with E-state index in [9.17, 15) is 14.7 Å². The molecule has 7 nitrogen and oxygen atoms in total. The average Bonchev–Trinajstić information content (AvgIpc) is 3.11. The second kappa shape index (κ2) is 6.67. The zero-order chi connectivity index (χ0) is 20.0. The fourth-order valence-electron chi connectivity index (χ4n) is 4.09. The lowest BCUT2D eigenvalue weighted by Crippen LogP contribution is -2.22. The zero-order valence-corrected chi connectivity index (χ0v) is 16.0. The van der Waals surface area contributed by atoms with E-state index in [-0.39, 0.29) is 5.56 Å². The third-order valence-corrected chi connectivity index (χ3v) is 5.39. The molecule has 7 heteroatoms. The smallest absolute Gasteiger partial charge is 0.341 e. The number of carbonyl (C=O) groups is 1. The molecule has 0 spiro atoms. The standard InChI is InChI=1S/C21H21N3O4/c1-4-12-13-6-8-24-11-16(21(26)27)19(25)10-18(24)14(13)9-15(20(12)28-3)17-5-7-22-23(17)2/h5,7,9-11H,4,6,8H2,1-3H3,(H,26,27). The highest BCUT2D eigenvalue weighted by molar-refractivity contribution is 5.88. The first-order chi connectivity index (χ1) is 13.5. The summed E-state index contributed by atoms with van der Waals surface area (Å²) in [5.41, 5.74) is 5.05. The first-order valence-corrected chi connectivity index (χ1v) is 9.15. The lowest BCUT2D eigenvalue weighted by atomic mass is 9.87. The summed E-state index contributed by atoms with van der Waals surface area (Å²) >= 11 is 0. The quantitative estimate of drug-likeness (QED) is 0.753. The van der Waals surface area contributed by atoms with Crippen LogP contribution in [0.2, 0.25) is 0 Å². The summed E-state index contributed by atoms with van der Waals surface area (Å²) in [6, 6.07) is 5.38. The molecule has 0 unspecified atom stereocenters. The Balaban J connectivity index is 2.04. The molecule has 0 fully saturated rings. The molecule has 0 bridgehead atoms. The number of pyridine rings is 1. The number of hydrogen-bond acceptors (Lipinski definition) is 4. The summed E-state index contributed by atoms with van der Waals surface area (Å²) in [6.45, 7) is 2.70. The number of benzene rings is 1. The van der Waals surface area contributed by atoms with Crippen molar-refractivity contribution in [2.75, 3.05) is 7.11 Å². The number of hydrogen-bond donors (Lipinski definition) is 1. The van der Waals surface area contributed by atoms with Crippen LogP contribution in [0, 0.1) is 0 Å². The number of carboxylic acids is 1. The molecule has 0 radical (unpaired) electrons. The highest BCUT2D eigenvalue weighted by Gasteiger charge is 2.26. The van der Waals surface area contributed by atoms with Gasteiger partial charge in [-0.1, -0.05) is 6.92 Å². The van der Waals surface area contributed by atoms with Gasteiger partial charge in [-0.25, -0.2) is 4.79 Å². The molecule has 1 aliphatic rings. The Hall–Kier alpha value is -3.35. The minimum Gasteiger partial charge on any atom is -0.496 e. The van der Waals surface area contributed by atoms with Crippen LogP contribution in [0.4, 0.5) is 0 Å². The minimum absolute atomic E-state index is 0.205. The first kappa shape index (κ1) is 18.0. The van der Waals surface area contributed by atoms with Crippen molar-refractivity contribution in [3.05, 3.63) is 57.5 Å². The van der Waals surface area contributed by atoms with Crippen molar-refractivity contribution in [3.8, 4) is 28.3 Å². The van der Waals surface area contributed by atoms with E-state index in [2.05, 4.69) is 12.0 Å². The van der Waals surface area contributed by atoms with Gasteiger partial charge in [0.05, 0.1) is 18.5 Å². The van der Waals surface area contributed by atoms with Crippen molar-refractivity contribution in [3.63, 3.8) is 0 Å². The molecule has 1 N–H and O–H groups in total. The molecular formula is C21H21N3O4. The lowest BCUT2D eigenvalue weighted by molar-refractivity contribution is 0.0694. The lowest BCUT2D eigenvalue weighted by Gasteiger charge is -2.27. The SMILES string of the molecule is CCc1c2c(cc(-c3ccnn3C)c1OC)-c1cc(=O)c(C(=O)O)cn1CC2. The largest absolute Gasteiger partial charge is 0.496 e. The molecule has 4 rings (SSSR count). The molecule has 144 valence electrons. The van der Waals surface area contributed by atoms with Gasteiger partial charge in [-0.2, -0.15) is 5.10 Å². The molecule has 0 amide bonds. The summed E-state index contributed by atoms with van der Waals surface area (Å²) in [5, 5.41) is 13.5. The van der Waals surface area contributed by atoms with E-state index in [1.165, 1.54) is 12.3 Å². The molecule has 2 aromatic heterocycles. The Morgan fingerprint density at radius 1 is 1.29 bits per heavy atom. The summed E-state index contributed by atoms with van der Waals surface area (Å²) in [7, 11) is 3.54. The fourth-order valence-corrected chi connectivity index (χ4v) is 4.09.